The number of rotatable bonds is 9. The first-order valence-electron chi connectivity index (χ1n) is 7.09. The van der Waals surface area contributed by atoms with Crippen molar-refractivity contribution in [1.82, 2.24) is 5.32 Å². The van der Waals surface area contributed by atoms with Crippen molar-refractivity contribution in [3.8, 4) is 0 Å². The van der Waals surface area contributed by atoms with Crippen molar-refractivity contribution in [3.63, 3.8) is 0 Å². The fraction of sp³-hybridized carbons (Fsp3) is 0.533. The van der Waals surface area contributed by atoms with Crippen molar-refractivity contribution < 1.29 is 18.3 Å². The Balaban J connectivity index is 2.59. The van der Waals surface area contributed by atoms with Crippen LogP contribution in [0.15, 0.2) is 30.3 Å². The van der Waals surface area contributed by atoms with Crippen LogP contribution in [-0.4, -0.2) is 49.8 Å². The number of hydrogen-bond donors (Lipinski definition) is 3. The second-order valence-electron chi connectivity index (χ2n) is 5.38. The third kappa shape index (κ3) is 7.29. The van der Waals surface area contributed by atoms with Crippen molar-refractivity contribution in [1.29, 1.82) is 0 Å². The molecule has 0 fully saturated rings. The minimum Gasteiger partial charge on any atom is -0.394 e. The van der Waals surface area contributed by atoms with Crippen molar-refractivity contribution in [3.05, 3.63) is 35.9 Å². The zero-order valence-corrected chi connectivity index (χ0v) is 14.3. The lowest BCUT2D eigenvalue weighted by Crippen LogP contribution is -2.43. The molecule has 0 heterocycles. The second kappa shape index (κ2) is 9.17. The van der Waals surface area contributed by atoms with Gasteiger partial charge in [-0.2, -0.15) is 12.6 Å². The van der Waals surface area contributed by atoms with Gasteiger partial charge in [0.15, 0.2) is 0 Å². The number of thiol groups is 1. The Labute approximate surface area is 137 Å². The Bertz CT molecular complexity index is 560. The number of amides is 1. The lowest BCUT2D eigenvalue weighted by atomic mass is 9.99. The Morgan fingerprint density at radius 2 is 1.95 bits per heavy atom. The van der Waals surface area contributed by atoms with E-state index in [0.717, 1.165) is 11.8 Å². The molecule has 0 aliphatic rings. The molecule has 1 aromatic rings. The number of nitrogens with one attached hydrogen (secondary N) is 1. The van der Waals surface area contributed by atoms with Crippen LogP contribution in [0.25, 0.3) is 0 Å². The lowest BCUT2D eigenvalue weighted by molar-refractivity contribution is -0.125. The molecule has 0 spiro atoms. The van der Waals surface area contributed by atoms with Gasteiger partial charge in [-0.1, -0.05) is 30.3 Å². The monoisotopic (exact) mass is 345 g/mol. The van der Waals surface area contributed by atoms with Gasteiger partial charge >= 0.3 is 0 Å². The van der Waals surface area contributed by atoms with Crippen molar-refractivity contribution >= 4 is 28.4 Å². The van der Waals surface area contributed by atoms with Gasteiger partial charge in [-0.05, 0) is 18.4 Å². The van der Waals surface area contributed by atoms with E-state index in [1.807, 2.05) is 30.3 Å². The van der Waals surface area contributed by atoms with Crippen LogP contribution in [0, 0.1) is 5.92 Å². The Morgan fingerprint density at radius 3 is 2.45 bits per heavy atom. The summed E-state index contributed by atoms with van der Waals surface area (Å²) in [6.45, 7) is -0.286. The quantitative estimate of drug-likeness (QED) is 0.575. The first-order valence-corrected chi connectivity index (χ1v) is 9.78. The number of sulfone groups is 1. The molecule has 0 radical (unpaired) electrons. The summed E-state index contributed by atoms with van der Waals surface area (Å²) in [6.07, 6.45) is 1.89. The molecule has 2 N–H and O–H groups in total. The molecule has 0 aromatic heterocycles. The van der Waals surface area contributed by atoms with Crippen LogP contribution in [0.4, 0.5) is 0 Å². The number of carbonyl (C=O) groups is 1. The van der Waals surface area contributed by atoms with Crippen LogP contribution >= 0.6 is 12.6 Å². The molecule has 22 heavy (non-hydrogen) atoms. The highest BCUT2D eigenvalue weighted by Crippen LogP contribution is 2.11. The zero-order valence-electron chi connectivity index (χ0n) is 12.6. The zero-order chi connectivity index (χ0) is 16.6. The van der Waals surface area contributed by atoms with Gasteiger partial charge in [-0.15, -0.1) is 0 Å². The molecule has 0 saturated carbocycles. The maximum absolute atomic E-state index is 12.3. The van der Waals surface area contributed by atoms with Gasteiger partial charge in [0.1, 0.15) is 9.84 Å². The van der Waals surface area contributed by atoms with E-state index in [1.165, 1.54) is 0 Å². The van der Waals surface area contributed by atoms with Gasteiger partial charge in [-0.3, -0.25) is 4.79 Å². The fourth-order valence-electron chi connectivity index (χ4n) is 2.02. The lowest BCUT2D eigenvalue weighted by Gasteiger charge is -2.20. The van der Waals surface area contributed by atoms with Crippen LogP contribution in [0.1, 0.15) is 12.0 Å². The highest BCUT2D eigenvalue weighted by Gasteiger charge is 2.21. The number of carbonyl (C=O) groups excluding carboxylic acids is 1. The van der Waals surface area contributed by atoms with E-state index < -0.39 is 15.9 Å². The fourth-order valence-corrected chi connectivity index (χ4v) is 3.03. The highest BCUT2D eigenvalue weighted by molar-refractivity contribution is 7.90. The standard InChI is InChI=1S/C15H23NO4S2/c1-22(19,20)8-7-14(10-17)16-15(18)13(11-21)9-12-5-3-2-4-6-12/h2-6,13-14,17,21H,7-11H2,1H3,(H,16,18)/t13-,14+/m1/s1. The molecule has 5 nitrogen and oxygen atoms in total. The molecule has 124 valence electrons. The summed E-state index contributed by atoms with van der Waals surface area (Å²) in [5.41, 5.74) is 1.04. The first-order chi connectivity index (χ1) is 10.4. The van der Waals surface area contributed by atoms with Crippen LogP contribution in [-0.2, 0) is 21.1 Å². The summed E-state index contributed by atoms with van der Waals surface area (Å²) in [5, 5.41) is 12.0. The largest absolute Gasteiger partial charge is 0.394 e. The van der Waals surface area contributed by atoms with Crippen molar-refractivity contribution in [2.24, 2.45) is 5.92 Å². The average Bonchev–Trinajstić information content (AvgIpc) is 2.48. The molecule has 0 aliphatic heterocycles. The smallest absolute Gasteiger partial charge is 0.224 e. The molecule has 1 rings (SSSR count). The minimum atomic E-state index is -3.12. The van der Waals surface area contributed by atoms with Crippen LogP contribution in [0.3, 0.4) is 0 Å². The van der Waals surface area contributed by atoms with E-state index in [0.29, 0.717) is 12.2 Å². The average molecular weight is 345 g/mol. The molecule has 2 atom stereocenters. The molecule has 0 saturated heterocycles. The normalized spacial score (nSPS) is 14.3. The van der Waals surface area contributed by atoms with Crippen molar-refractivity contribution in [2.75, 3.05) is 24.4 Å². The van der Waals surface area contributed by atoms with Crippen LogP contribution in [0.2, 0.25) is 0 Å². The molecule has 7 heteroatoms. The minimum absolute atomic E-state index is 0.0667. The molecule has 1 aromatic carbocycles. The van der Waals surface area contributed by atoms with Crippen LogP contribution in [0.5, 0.6) is 0 Å². The highest BCUT2D eigenvalue weighted by atomic mass is 32.2. The van der Waals surface area contributed by atoms with E-state index in [2.05, 4.69) is 17.9 Å². The molecule has 1 amide bonds. The van der Waals surface area contributed by atoms with E-state index in [4.69, 9.17) is 0 Å². The van der Waals surface area contributed by atoms with Gasteiger partial charge in [0.2, 0.25) is 5.91 Å². The number of aliphatic hydroxyl groups is 1. The summed E-state index contributed by atoms with van der Waals surface area (Å²) in [7, 11) is -3.12. The summed E-state index contributed by atoms with van der Waals surface area (Å²) >= 11 is 4.22. The third-order valence-corrected chi connectivity index (χ3v) is 4.74. The van der Waals surface area contributed by atoms with Gasteiger partial charge in [0, 0.05) is 12.0 Å². The number of hydrogen-bond acceptors (Lipinski definition) is 5. The Kier molecular flexibility index (Phi) is 7.92. The molecule has 0 unspecified atom stereocenters. The molecule has 0 aliphatic carbocycles. The predicted octanol–water partition coefficient (Wildman–Crippen LogP) is 0.687. The van der Waals surface area contributed by atoms with E-state index in [1.54, 1.807) is 0 Å². The topological polar surface area (TPSA) is 83.5 Å². The van der Waals surface area contributed by atoms with Gasteiger partial charge in [-0.25, -0.2) is 8.42 Å². The predicted molar refractivity (Wildman–Crippen MR) is 90.8 cm³/mol. The molecular weight excluding hydrogens is 322 g/mol. The van der Waals surface area contributed by atoms with Crippen LogP contribution < -0.4 is 5.32 Å². The van der Waals surface area contributed by atoms with E-state index in [-0.39, 0.29) is 30.6 Å². The van der Waals surface area contributed by atoms with E-state index in [9.17, 15) is 18.3 Å². The van der Waals surface area contributed by atoms with Gasteiger partial charge < -0.3 is 10.4 Å². The molecular formula is C15H23NO4S2. The number of benzene rings is 1. The van der Waals surface area contributed by atoms with Gasteiger partial charge in [0.25, 0.3) is 0 Å². The first kappa shape index (κ1) is 19.0. The SMILES string of the molecule is CS(=O)(=O)CC[C@@H](CO)NC(=O)[C@@H](CS)Cc1ccccc1. The third-order valence-electron chi connectivity index (χ3n) is 3.32. The Hall–Kier alpha value is -1.05. The second-order valence-corrected chi connectivity index (χ2v) is 8.00. The van der Waals surface area contributed by atoms with E-state index >= 15 is 0 Å². The summed E-state index contributed by atoms with van der Waals surface area (Å²) < 4.78 is 22.3. The summed E-state index contributed by atoms with van der Waals surface area (Å²) in [4.78, 5) is 12.3. The van der Waals surface area contributed by atoms with Crippen molar-refractivity contribution in [2.45, 2.75) is 18.9 Å². The molecule has 0 bridgehead atoms. The maximum atomic E-state index is 12.3. The maximum Gasteiger partial charge on any atom is 0.224 e. The van der Waals surface area contributed by atoms with Gasteiger partial charge in [0.05, 0.1) is 24.3 Å². The summed E-state index contributed by atoms with van der Waals surface area (Å²) in [6, 6.07) is 9.05. The summed E-state index contributed by atoms with van der Waals surface area (Å²) in [5.74, 6) is -0.224. The Morgan fingerprint density at radius 1 is 1.32 bits per heavy atom. The number of aliphatic hydroxyl groups excluding tert-OH is 1.